The molecule has 1 aliphatic rings. The normalized spacial score (nSPS) is 20.2. The highest BCUT2D eigenvalue weighted by molar-refractivity contribution is 5.92. The highest BCUT2D eigenvalue weighted by Gasteiger charge is 2.27. The number of nitrogens with zero attached hydrogens (tertiary/aromatic N) is 3. The standard InChI is InChI=1S/C23H35N3O2/c1-5-25(6-2)19-11-13-20(14-12-19)28-23(27)26-17-18(15-16-24(3)4)21-9-7-8-10-22(21)26/h7-10,17,19-20H,5-6,11-16H2,1-4H3. The number of rotatable bonds is 7. The molecule has 0 saturated heterocycles. The number of benzene rings is 1. The van der Waals surface area contributed by atoms with Gasteiger partial charge in [-0.1, -0.05) is 32.0 Å². The van der Waals surface area contributed by atoms with Crippen LogP contribution in [-0.2, 0) is 11.2 Å². The fourth-order valence-electron chi connectivity index (χ4n) is 4.41. The average molecular weight is 386 g/mol. The summed E-state index contributed by atoms with van der Waals surface area (Å²) in [5.41, 5.74) is 2.14. The first-order valence-electron chi connectivity index (χ1n) is 10.7. The summed E-state index contributed by atoms with van der Waals surface area (Å²) in [5.74, 6) is 0. The Bertz CT molecular complexity index is 771. The number of aromatic nitrogens is 1. The Morgan fingerprint density at radius 3 is 2.43 bits per heavy atom. The lowest BCUT2D eigenvalue weighted by Gasteiger charge is -2.35. The van der Waals surface area contributed by atoms with Crippen LogP contribution in [0, 0.1) is 0 Å². The topological polar surface area (TPSA) is 37.7 Å². The predicted octanol–water partition coefficient (Wildman–Crippen LogP) is 4.38. The van der Waals surface area contributed by atoms with Crippen molar-refractivity contribution in [3.8, 4) is 0 Å². The number of hydrogen-bond donors (Lipinski definition) is 0. The molecular weight excluding hydrogens is 350 g/mol. The molecule has 0 radical (unpaired) electrons. The molecule has 154 valence electrons. The van der Waals surface area contributed by atoms with E-state index < -0.39 is 0 Å². The Labute approximate surface area is 169 Å². The molecule has 2 aromatic rings. The lowest BCUT2D eigenvalue weighted by Crippen LogP contribution is -2.39. The van der Waals surface area contributed by atoms with Gasteiger partial charge in [0.1, 0.15) is 6.10 Å². The van der Waals surface area contributed by atoms with Crippen LogP contribution in [0.3, 0.4) is 0 Å². The van der Waals surface area contributed by atoms with Crippen molar-refractivity contribution in [2.45, 2.75) is 58.1 Å². The van der Waals surface area contributed by atoms with Crippen molar-refractivity contribution in [3.63, 3.8) is 0 Å². The molecule has 1 aliphatic carbocycles. The first-order valence-corrected chi connectivity index (χ1v) is 10.7. The van der Waals surface area contributed by atoms with Crippen LogP contribution in [0.1, 0.15) is 45.1 Å². The first-order chi connectivity index (χ1) is 13.5. The summed E-state index contributed by atoms with van der Waals surface area (Å²) >= 11 is 0. The maximum Gasteiger partial charge on any atom is 0.418 e. The van der Waals surface area contributed by atoms with Gasteiger partial charge in [0.05, 0.1) is 5.52 Å². The Kier molecular flexibility index (Phi) is 7.13. The van der Waals surface area contributed by atoms with Gasteiger partial charge in [0.25, 0.3) is 0 Å². The molecule has 0 atom stereocenters. The first kappa shape index (κ1) is 20.9. The summed E-state index contributed by atoms with van der Waals surface area (Å²) in [7, 11) is 4.14. The summed E-state index contributed by atoms with van der Waals surface area (Å²) in [6, 6.07) is 8.75. The van der Waals surface area contributed by atoms with Crippen molar-refractivity contribution in [3.05, 3.63) is 36.0 Å². The molecule has 1 heterocycles. The van der Waals surface area contributed by atoms with Crippen LogP contribution in [0.4, 0.5) is 4.79 Å². The van der Waals surface area contributed by atoms with Crippen molar-refractivity contribution in [1.29, 1.82) is 0 Å². The molecule has 0 unspecified atom stereocenters. The van der Waals surface area contributed by atoms with E-state index in [1.807, 2.05) is 24.4 Å². The molecule has 1 aromatic carbocycles. The number of likely N-dealkylation sites (N-methyl/N-ethyl adjacent to an activating group) is 1. The van der Waals surface area contributed by atoms with Gasteiger partial charge in [-0.2, -0.15) is 0 Å². The van der Waals surface area contributed by atoms with Crippen LogP contribution in [0.2, 0.25) is 0 Å². The lowest BCUT2D eigenvalue weighted by atomic mass is 9.92. The lowest BCUT2D eigenvalue weighted by molar-refractivity contribution is 0.0511. The fourth-order valence-corrected chi connectivity index (χ4v) is 4.41. The third-order valence-corrected chi connectivity index (χ3v) is 6.06. The second-order valence-corrected chi connectivity index (χ2v) is 8.13. The van der Waals surface area contributed by atoms with E-state index in [0.29, 0.717) is 6.04 Å². The van der Waals surface area contributed by atoms with Crippen molar-refractivity contribution < 1.29 is 9.53 Å². The Morgan fingerprint density at radius 1 is 1.11 bits per heavy atom. The number of carbonyl (C=O) groups excluding carboxylic acids is 1. The number of hydrogen-bond acceptors (Lipinski definition) is 4. The summed E-state index contributed by atoms with van der Waals surface area (Å²) in [6.07, 6.45) is 6.82. The highest BCUT2D eigenvalue weighted by Crippen LogP contribution is 2.27. The van der Waals surface area contributed by atoms with E-state index in [1.54, 1.807) is 4.57 Å². The quantitative estimate of drug-likeness (QED) is 0.709. The van der Waals surface area contributed by atoms with Crippen LogP contribution in [0.5, 0.6) is 0 Å². The molecule has 5 nitrogen and oxygen atoms in total. The SMILES string of the molecule is CCN(CC)C1CCC(OC(=O)n2cc(CCN(C)C)c3ccccc32)CC1. The van der Waals surface area contributed by atoms with Gasteiger partial charge in [0.15, 0.2) is 0 Å². The number of fused-ring (bicyclic) bond motifs is 1. The van der Waals surface area contributed by atoms with Gasteiger partial charge in [-0.15, -0.1) is 0 Å². The van der Waals surface area contributed by atoms with Gasteiger partial charge in [-0.3, -0.25) is 4.57 Å². The molecule has 0 bridgehead atoms. The molecule has 1 aromatic heterocycles. The Balaban J connectivity index is 1.67. The zero-order valence-corrected chi connectivity index (χ0v) is 17.9. The van der Waals surface area contributed by atoms with Crippen molar-refractivity contribution in [2.24, 2.45) is 0 Å². The monoisotopic (exact) mass is 385 g/mol. The number of ether oxygens (including phenoxy) is 1. The van der Waals surface area contributed by atoms with E-state index in [-0.39, 0.29) is 12.2 Å². The van der Waals surface area contributed by atoms with Gasteiger partial charge in [0.2, 0.25) is 0 Å². The largest absolute Gasteiger partial charge is 0.446 e. The molecule has 28 heavy (non-hydrogen) atoms. The molecule has 5 heteroatoms. The van der Waals surface area contributed by atoms with Crippen molar-refractivity contribution in [1.82, 2.24) is 14.4 Å². The summed E-state index contributed by atoms with van der Waals surface area (Å²) in [4.78, 5) is 17.6. The highest BCUT2D eigenvalue weighted by atomic mass is 16.6. The minimum Gasteiger partial charge on any atom is -0.446 e. The van der Waals surface area contributed by atoms with Crippen molar-refractivity contribution in [2.75, 3.05) is 33.7 Å². The second kappa shape index (κ2) is 9.57. The Hall–Kier alpha value is -1.85. The second-order valence-electron chi connectivity index (χ2n) is 8.13. The van der Waals surface area contributed by atoms with E-state index in [4.69, 9.17) is 4.74 Å². The van der Waals surface area contributed by atoms with Crippen LogP contribution in [0.15, 0.2) is 30.5 Å². The van der Waals surface area contributed by atoms with Gasteiger partial charge < -0.3 is 14.5 Å². The molecule has 0 aliphatic heterocycles. The molecule has 3 rings (SSSR count). The molecule has 0 N–H and O–H groups in total. The van der Waals surface area contributed by atoms with E-state index in [9.17, 15) is 4.79 Å². The van der Waals surface area contributed by atoms with Gasteiger partial charge in [0, 0.05) is 24.2 Å². The summed E-state index contributed by atoms with van der Waals surface area (Å²) in [6.45, 7) is 7.59. The van der Waals surface area contributed by atoms with Gasteiger partial charge in [-0.05, 0) is 70.9 Å². The van der Waals surface area contributed by atoms with E-state index in [1.165, 1.54) is 5.56 Å². The average Bonchev–Trinajstić information content (AvgIpc) is 3.07. The fraction of sp³-hybridized carbons (Fsp3) is 0.609. The molecule has 1 fully saturated rings. The molecule has 0 spiro atoms. The van der Waals surface area contributed by atoms with Crippen LogP contribution in [0.25, 0.3) is 10.9 Å². The van der Waals surface area contributed by atoms with E-state index in [2.05, 4.69) is 43.8 Å². The number of para-hydroxylation sites is 1. The third-order valence-electron chi connectivity index (χ3n) is 6.06. The number of carbonyl (C=O) groups is 1. The molecule has 1 saturated carbocycles. The molecule has 0 amide bonds. The van der Waals surface area contributed by atoms with Gasteiger partial charge in [-0.25, -0.2) is 4.79 Å². The smallest absolute Gasteiger partial charge is 0.418 e. The predicted molar refractivity (Wildman–Crippen MR) is 115 cm³/mol. The van der Waals surface area contributed by atoms with Crippen LogP contribution >= 0.6 is 0 Å². The third kappa shape index (κ3) is 4.76. The zero-order chi connectivity index (χ0) is 20.1. The summed E-state index contributed by atoms with van der Waals surface area (Å²) < 4.78 is 7.62. The van der Waals surface area contributed by atoms with Crippen molar-refractivity contribution >= 4 is 17.0 Å². The minimum absolute atomic E-state index is 0.0331. The maximum absolute atomic E-state index is 12.9. The van der Waals surface area contributed by atoms with Crippen LogP contribution < -0.4 is 0 Å². The molecular formula is C23H35N3O2. The van der Waals surface area contributed by atoms with Crippen LogP contribution in [-0.4, -0.2) is 66.3 Å². The van der Waals surface area contributed by atoms with E-state index in [0.717, 1.165) is 62.6 Å². The maximum atomic E-state index is 12.9. The summed E-state index contributed by atoms with van der Waals surface area (Å²) in [5, 5.41) is 1.14. The zero-order valence-electron chi connectivity index (χ0n) is 17.9. The minimum atomic E-state index is -0.237. The van der Waals surface area contributed by atoms with E-state index >= 15 is 0 Å². The Morgan fingerprint density at radius 2 is 1.79 bits per heavy atom. The van der Waals surface area contributed by atoms with Gasteiger partial charge >= 0.3 is 6.09 Å².